The number of amides is 2. The van der Waals surface area contributed by atoms with Crippen LogP contribution in [-0.4, -0.2) is 29.5 Å². The van der Waals surface area contributed by atoms with E-state index in [1.165, 1.54) is 24.3 Å². The van der Waals surface area contributed by atoms with E-state index in [1.807, 2.05) is 0 Å². The molecule has 2 aliphatic heterocycles. The highest BCUT2D eigenvalue weighted by Gasteiger charge is 2.43. The highest BCUT2D eigenvalue weighted by molar-refractivity contribution is 6.30. The highest BCUT2D eigenvalue weighted by atomic mass is 35.5. The van der Waals surface area contributed by atoms with Crippen LogP contribution in [0.3, 0.4) is 0 Å². The van der Waals surface area contributed by atoms with Gasteiger partial charge in [0.15, 0.2) is 0 Å². The number of hydroxylamine groups is 2. The molecule has 2 atom stereocenters. The van der Waals surface area contributed by atoms with Crippen molar-refractivity contribution >= 4 is 29.4 Å². The minimum Gasteiger partial charge on any atom is -0.373 e. The summed E-state index contributed by atoms with van der Waals surface area (Å²) >= 11 is 5.69. The third-order valence-corrected chi connectivity index (χ3v) is 4.91. The van der Waals surface area contributed by atoms with Crippen molar-refractivity contribution in [3.8, 4) is 0 Å². The van der Waals surface area contributed by atoms with Gasteiger partial charge >= 0.3 is 5.97 Å². The summed E-state index contributed by atoms with van der Waals surface area (Å²) < 4.78 is 19.3. The Morgan fingerprint density at radius 3 is 2.44 bits per heavy atom. The summed E-state index contributed by atoms with van der Waals surface area (Å²) in [5.41, 5.74) is 0.780. The molecule has 2 amide bonds. The Hall–Kier alpha value is -2.77. The van der Waals surface area contributed by atoms with Gasteiger partial charge in [0.1, 0.15) is 5.82 Å². The number of rotatable bonds is 3. The summed E-state index contributed by atoms with van der Waals surface area (Å²) in [5, 5.41) is 0.423. The Morgan fingerprint density at radius 2 is 1.81 bits per heavy atom. The smallest absolute Gasteiger partial charge is 0.339 e. The van der Waals surface area contributed by atoms with E-state index in [0.717, 1.165) is 0 Å². The predicted octanol–water partition coefficient (Wildman–Crippen LogP) is 3.31. The molecule has 8 heteroatoms. The summed E-state index contributed by atoms with van der Waals surface area (Å²) in [4.78, 5) is 42.4. The molecule has 0 aliphatic carbocycles. The number of carbonyl (C=O) groups is 3. The van der Waals surface area contributed by atoms with Crippen molar-refractivity contribution in [1.29, 1.82) is 0 Å². The molecule has 2 heterocycles. The van der Waals surface area contributed by atoms with Gasteiger partial charge in [0, 0.05) is 6.61 Å². The van der Waals surface area contributed by atoms with Gasteiger partial charge in [-0.1, -0.05) is 34.9 Å². The molecule has 0 unspecified atom stereocenters. The van der Waals surface area contributed by atoms with E-state index in [0.29, 0.717) is 17.0 Å². The van der Waals surface area contributed by atoms with Crippen LogP contribution in [0.5, 0.6) is 0 Å². The molecule has 27 heavy (non-hydrogen) atoms. The number of benzene rings is 2. The first-order valence-corrected chi connectivity index (χ1v) is 8.61. The van der Waals surface area contributed by atoms with Crippen molar-refractivity contribution in [3.05, 3.63) is 70.0 Å². The van der Waals surface area contributed by atoms with Crippen molar-refractivity contribution in [3.63, 3.8) is 0 Å². The van der Waals surface area contributed by atoms with E-state index < -0.39 is 35.6 Å². The summed E-state index contributed by atoms with van der Waals surface area (Å²) in [6.45, 7) is 0.261. The number of hydrogen-bond donors (Lipinski definition) is 0. The van der Waals surface area contributed by atoms with Gasteiger partial charge in [-0.05, 0) is 36.2 Å². The maximum atomic E-state index is 13.7. The molecule has 0 spiro atoms. The normalized spacial score (nSPS) is 21.5. The van der Waals surface area contributed by atoms with Crippen LogP contribution in [0.1, 0.15) is 38.8 Å². The van der Waals surface area contributed by atoms with E-state index in [9.17, 15) is 18.8 Å². The second-order valence-electron chi connectivity index (χ2n) is 6.22. The molecule has 138 valence electrons. The number of carbonyl (C=O) groups excluding carboxylic acids is 3. The third kappa shape index (κ3) is 2.98. The number of nitrogens with zero attached hydrogens (tertiary/aromatic N) is 1. The molecular weight excluding hydrogens is 377 g/mol. The van der Waals surface area contributed by atoms with Crippen LogP contribution in [0.4, 0.5) is 4.39 Å². The van der Waals surface area contributed by atoms with Crippen molar-refractivity contribution in [2.45, 2.75) is 12.5 Å². The summed E-state index contributed by atoms with van der Waals surface area (Å²) in [6, 6.07) is 10.3. The van der Waals surface area contributed by atoms with Crippen LogP contribution in [0.25, 0.3) is 0 Å². The van der Waals surface area contributed by atoms with Crippen LogP contribution in [-0.2, 0) is 14.4 Å². The fraction of sp³-hybridized carbons (Fsp3) is 0.211. The first-order chi connectivity index (χ1) is 13.0. The Morgan fingerprint density at radius 1 is 1.15 bits per heavy atom. The second kappa shape index (κ2) is 6.75. The van der Waals surface area contributed by atoms with Crippen molar-refractivity contribution < 1.29 is 28.3 Å². The number of halogens is 2. The Balaban J connectivity index is 1.54. The molecule has 6 nitrogen and oxygen atoms in total. The van der Waals surface area contributed by atoms with Gasteiger partial charge in [-0.3, -0.25) is 9.59 Å². The summed E-state index contributed by atoms with van der Waals surface area (Å²) in [5.74, 6) is -3.59. The quantitative estimate of drug-likeness (QED) is 0.753. The van der Waals surface area contributed by atoms with E-state index in [1.54, 1.807) is 18.2 Å². The van der Waals surface area contributed by atoms with Gasteiger partial charge < -0.3 is 9.57 Å². The molecule has 0 aromatic heterocycles. The molecule has 1 saturated heterocycles. The molecule has 1 fully saturated rings. The van der Waals surface area contributed by atoms with Crippen LogP contribution < -0.4 is 0 Å². The van der Waals surface area contributed by atoms with Crippen molar-refractivity contribution in [1.82, 2.24) is 5.06 Å². The van der Waals surface area contributed by atoms with E-state index in [2.05, 4.69) is 0 Å². The average Bonchev–Trinajstić information content (AvgIpc) is 3.24. The average molecular weight is 390 g/mol. The van der Waals surface area contributed by atoms with Crippen LogP contribution in [0, 0.1) is 11.7 Å². The van der Waals surface area contributed by atoms with Crippen molar-refractivity contribution in [2.24, 2.45) is 5.92 Å². The van der Waals surface area contributed by atoms with Crippen molar-refractivity contribution in [2.75, 3.05) is 6.61 Å². The van der Waals surface area contributed by atoms with Gasteiger partial charge in [0.25, 0.3) is 11.8 Å². The molecule has 2 aliphatic rings. The Labute approximate surface area is 158 Å². The fourth-order valence-electron chi connectivity index (χ4n) is 3.26. The van der Waals surface area contributed by atoms with E-state index in [-0.39, 0.29) is 22.8 Å². The van der Waals surface area contributed by atoms with Gasteiger partial charge in [-0.15, -0.1) is 0 Å². The monoisotopic (exact) mass is 389 g/mol. The number of hydrogen-bond acceptors (Lipinski definition) is 5. The zero-order valence-corrected chi connectivity index (χ0v) is 14.6. The zero-order chi connectivity index (χ0) is 19.1. The Bertz CT molecular complexity index is 928. The molecule has 0 N–H and O–H groups in total. The van der Waals surface area contributed by atoms with Gasteiger partial charge in [0.2, 0.25) is 0 Å². The summed E-state index contributed by atoms with van der Waals surface area (Å²) in [7, 11) is 0. The minimum atomic E-state index is -0.789. The van der Waals surface area contributed by atoms with E-state index >= 15 is 0 Å². The van der Waals surface area contributed by atoms with Crippen LogP contribution in [0.2, 0.25) is 5.02 Å². The van der Waals surface area contributed by atoms with Gasteiger partial charge in [-0.25, -0.2) is 9.18 Å². The lowest BCUT2D eigenvalue weighted by Gasteiger charge is -2.20. The SMILES string of the molecule is O=C(ON1C(=O)c2ccccc2C1=O)[C@@H]1CCO[C@H]1c1ccc(Cl)c(F)c1. The number of imide groups is 1. The second-order valence-corrected chi connectivity index (χ2v) is 6.63. The fourth-order valence-corrected chi connectivity index (χ4v) is 3.37. The number of ether oxygens (including phenoxy) is 1. The first-order valence-electron chi connectivity index (χ1n) is 8.23. The Kier molecular flexibility index (Phi) is 4.41. The molecular formula is C19H13ClFNO5. The molecule has 0 bridgehead atoms. The summed E-state index contributed by atoms with van der Waals surface area (Å²) in [6.07, 6.45) is -0.434. The van der Waals surface area contributed by atoms with Gasteiger partial charge in [-0.2, -0.15) is 0 Å². The lowest BCUT2D eigenvalue weighted by molar-refractivity contribution is -0.175. The first kappa shape index (κ1) is 17.6. The minimum absolute atomic E-state index is 0.0399. The maximum absolute atomic E-state index is 13.7. The molecule has 0 saturated carbocycles. The lowest BCUT2D eigenvalue weighted by atomic mass is 9.95. The molecule has 4 rings (SSSR count). The predicted molar refractivity (Wildman–Crippen MR) is 91.2 cm³/mol. The van der Waals surface area contributed by atoms with E-state index in [4.69, 9.17) is 21.2 Å². The number of fused-ring (bicyclic) bond motifs is 1. The largest absolute Gasteiger partial charge is 0.373 e. The van der Waals surface area contributed by atoms with Crippen LogP contribution >= 0.6 is 11.6 Å². The third-order valence-electron chi connectivity index (χ3n) is 4.60. The maximum Gasteiger partial charge on any atom is 0.339 e. The molecule has 0 radical (unpaired) electrons. The lowest BCUT2D eigenvalue weighted by Crippen LogP contribution is -2.35. The zero-order valence-electron chi connectivity index (χ0n) is 13.9. The molecule has 2 aromatic rings. The standard InChI is InChI=1S/C19H13ClFNO5/c20-14-6-5-10(9-15(14)21)16-13(7-8-26-16)19(25)27-22-17(23)11-3-1-2-4-12(11)18(22)24/h1-6,9,13,16H,7-8H2/t13-,16+/m1/s1. The highest BCUT2D eigenvalue weighted by Crippen LogP contribution is 2.37. The van der Waals surface area contributed by atoms with Crippen LogP contribution in [0.15, 0.2) is 42.5 Å². The molecule has 2 aromatic carbocycles. The van der Waals surface area contributed by atoms with Gasteiger partial charge in [0.05, 0.1) is 28.2 Å². The topological polar surface area (TPSA) is 72.9 Å².